The highest BCUT2D eigenvalue weighted by Gasteiger charge is 2.16. The molecule has 2 rings (SSSR count). The average Bonchev–Trinajstić information content (AvgIpc) is 2.75. The summed E-state index contributed by atoms with van der Waals surface area (Å²) in [4.78, 5) is 4.31. The van der Waals surface area contributed by atoms with E-state index >= 15 is 0 Å². The fraction of sp³-hybridized carbons (Fsp3) is 0.385. The minimum atomic E-state index is -0.120. The first-order valence-corrected chi connectivity index (χ1v) is 5.75. The van der Waals surface area contributed by atoms with E-state index in [0.717, 1.165) is 11.3 Å². The van der Waals surface area contributed by atoms with E-state index in [9.17, 15) is 0 Å². The molecule has 0 unspecified atom stereocenters. The van der Waals surface area contributed by atoms with Crippen LogP contribution < -0.4 is 10.1 Å². The van der Waals surface area contributed by atoms with E-state index in [1.807, 2.05) is 45.0 Å². The summed E-state index contributed by atoms with van der Waals surface area (Å²) in [7, 11) is 1.62. The van der Waals surface area contributed by atoms with Crippen LogP contribution in [-0.4, -0.2) is 22.8 Å². The zero-order chi connectivity index (χ0) is 13.2. The second kappa shape index (κ2) is 4.68. The van der Waals surface area contributed by atoms with E-state index in [1.165, 1.54) is 0 Å². The molecule has 0 amide bonds. The van der Waals surface area contributed by atoms with E-state index in [0.29, 0.717) is 11.8 Å². The van der Waals surface area contributed by atoms with Crippen LogP contribution in [0.1, 0.15) is 20.8 Å². The minimum absolute atomic E-state index is 0.120. The lowest BCUT2D eigenvalue weighted by Crippen LogP contribution is -2.26. The highest BCUT2D eigenvalue weighted by Crippen LogP contribution is 2.28. The quantitative estimate of drug-likeness (QED) is 0.903. The number of nitrogens with one attached hydrogen (secondary N) is 1. The predicted octanol–water partition coefficient (Wildman–Crippen LogP) is 2.96. The Bertz CT molecular complexity index is 529. The smallest absolute Gasteiger partial charge is 0.322 e. The van der Waals surface area contributed by atoms with Crippen molar-refractivity contribution in [1.82, 2.24) is 10.1 Å². The fourth-order valence-electron chi connectivity index (χ4n) is 1.53. The molecule has 1 N–H and O–H groups in total. The number of nitrogens with zero attached hydrogens (tertiary/aromatic N) is 2. The number of benzene rings is 1. The number of hydrogen-bond donors (Lipinski definition) is 1. The van der Waals surface area contributed by atoms with Gasteiger partial charge in [-0.05, 0) is 32.9 Å². The monoisotopic (exact) mass is 247 g/mol. The summed E-state index contributed by atoms with van der Waals surface area (Å²) in [5.41, 5.74) is 0.690. The predicted molar refractivity (Wildman–Crippen MR) is 69.7 cm³/mol. The van der Waals surface area contributed by atoms with Crippen LogP contribution in [0, 0.1) is 0 Å². The van der Waals surface area contributed by atoms with Crippen LogP contribution in [0.4, 0.5) is 6.01 Å². The van der Waals surface area contributed by atoms with E-state index in [2.05, 4.69) is 15.5 Å². The Morgan fingerprint density at radius 3 is 2.61 bits per heavy atom. The van der Waals surface area contributed by atoms with Gasteiger partial charge < -0.3 is 14.6 Å². The van der Waals surface area contributed by atoms with Crippen LogP contribution >= 0.6 is 0 Å². The molecule has 0 saturated heterocycles. The molecule has 0 aliphatic carbocycles. The normalized spacial score (nSPS) is 11.3. The maximum atomic E-state index is 5.27. The highest BCUT2D eigenvalue weighted by atomic mass is 16.5. The van der Waals surface area contributed by atoms with Crippen LogP contribution in [0.2, 0.25) is 0 Å². The summed E-state index contributed by atoms with van der Waals surface area (Å²) in [6.45, 7) is 6.08. The standard InChI is InChI=1S/C13H17N3O2/c1-13(2,3)15-12-14-11(16-18-12)9-7-5-6-8-10(9)17-4/h5-8H,1-4H3,(H,14,15,16). The Hall–Kier alpha value is -2.04. The van der Waals surface area contributed by atoms with Crippen molar-refractivity contribution in [2.45, 2.75) is 26.3 Å². The van der Waals surface area contributed by atoms with E-state index in [4.69, 9.17) is 9.26 Å². The van der Waals surface area contributed by atoms with Gasteiger partial charge in [0.15, 0.2) is 0 Å². The first-order chi connectivity index (χ1) is 8.49. The second-order valence-electron chi connectivity index (χ2n) is 5.00. The van der Waals surface area contributed by atoms with Crippen molar-refractivity contribution in [3.05, 3.63) is 24.3 Å². The number of methoxy groups -OCH3 is 1. The maximum absolute atomic E-state index is 5.27. The molecule has 2 aromatic rings. The van der Waals surface area contributed by atoms with E-state index in [1.54, 1.807) is 7.11 Å². The molecule has 1 heterocycles. The molecule has 0 saturated carbocycles. The molecular formula is C13H17N3O2. The summed E-state index contributed by atoms with van der Waals surface area (Å²) in [5.74, 6) is 1.24. The Morgan fingerprint density at radius 1 is 1.22 bits per heavy atom. The summed E-state index contributed by atoms with van der Waals surface area (Å²) in [6, 6.07) is 7.97. The SMILES string of the molecule is COc1ccccc1-c1noc(NC(C)(C)C)n1. The number of hydrogen-bond acceptors (Lipinski definition) is 5. The van der Waals surface area contributed by atoms with Gasteiger partial charge in [-0.2, -0.15) is 4.98 Å². The van der Waals surface area contributed by atoms with Crippen LogP contribution in [0.3, 0.4) is 0 Å². The van der Waals surface area contributed by atoms with Crippen LogP contribution in [0.25, 0.3) is 11.4 Å². The van der Waals surface area contributed by atoms with Crippen LogP contribution in [0.15, 0.2) is 28.8 Å². The Morgan fingerprint density at radius 2 is 1.94 bits per heavy atom. The van der Waals surface area contributed by atoms with Gasteiger partial charge in [-0.15, -0.1) is 0 Å². The molecule has 0 atom stereocenters. The zero-order valence-electron chi connectivity index (χ0n) is 11.0. The Labute approximate surface area is 106 Å². The van der Waals surface area contributed by atoms with Crippen molar-refractivity contribution in [2.24, 2.45) is 0 Å². The Kier molecular flexibility index (Phi) is 3.23. The molecule has 0 bridgehead atoms. The average molecular weight is 247 g/mol. The topological polar surface area (TPSA) is 60.2 Å². The molecule has 0 aliphatic heterocycles. The molecule has 1 aromatic heterocycles. The van der Waals surface area contributed by atoms with Gasteiger partial charge in [0.1, 0.15) is 5.75 Å². The van der Waals surface area contributed by atoms with Crippen molar-refractivity contribution in [2.75, 3.05) is 12.4 Å². The minimum Gasteiger partial charge on any atom is -0.496 e. The largest absolute Gasteiger partial charge is 0.496 e. The summed E-state index contributed by atoms with van der Waals surface area (Å²) in [6.07, 6.45) is 0. The lowest BCUT2D eigenvalue weighted by atomic mass is 10.1. The van der Waals surface area contributed by atoms with Gasteiger partial charge in [-0.25, -0.2) is 0 Å². The zero-order valence-corrected chi connectivity index (χ0v) is 11.0. The number of rotatable bonds is 3. The molecule has 0 spiro atoms. The van der Waals surface area contributed by atoms with E-state index in [-0.39, 0.29) is 5.54 Å². The number of para-hydroxylation sites is 1. The molecule has 0 fully saturated rings. The number of anilines is 1. The maximum Gasteiger partial charge on any atom is 0.322 e. The van der Waals surface area contributed by atoms with Crippen molar-refractivity contribution in [3.63, 3.8) is 0 Å². The van der Waals surface area contributed by atoms with E-state index < -0.39 is 0 Å². The van der Waals surface area contributed by atoms with Gasteiger partial charge >= 0.3 is 6.01 Å². The van der Waals surface area contributed by atoms with Crippen molar-refractivity contribution in [1.29, 1.82) is 0 Å². The van der Waals surface area contributed by atoms with Crippen LogP contribution in [-0.2, 0) is 0 Å². The number of aromatic nitrogens is 2. The molecular weight excluding hydrogens is 230 g/mol. The lowest BCUT2D eigenvalue weighted by Gasteiger charge is -2.17. The van der Waals surface area contributed by atoms with Crippen LogP contribution in [0.5, 0.6) is 5.75 Å². The third-order valence-electron chi connectivity index (χ3n) is 2.26. The number of ether oxygens (including phenoxy) is 1. The van der Waals surface area contributed by atoms with Gasteiger partial charge in [0, 0.05) is 5.54 Å². The lowest BCUT2D eigenvalue weighted by molar-refractivity contribution is 0.411. The molecule has 1 aromatic carbocycles. The van der Waals surface area contributed by atoms with Crippen molar-refractivity contribution >= 4 is 6.01 Å². The molecule has 0 radical (unpaired) electrons. The van der Waals surface area contributed by atoms with Crippen molar-refractivity contribution in [3.8, 4) is 17.1 Å². The summed E-state index contributed by atoms with van der Waals surface area (Å²) >= 11 is 0. The van der Waals surface area contributed by atoms with Crippen molar-refractivity contribution < 1.29 is 9.26 Å². The second-order valence-corrected chi connectivity index (χ2v) is 5.00. The van der Waals surface area contributed by atoms with Gasteiger partial charge in [-0.3, -0.25) is 0 Å². The summed E-state index contributed by atoms with van der Waals surface area (Å²) in [5, 5.41) is 7.08. The highest BCUT2D eigenvalue weighted by molar-refractivity contribution is 5.64. The van der Waals surface area contributed by atoms with Gasteiger partial charge in [0.2, 0.25) is 5.82 Å². The first kappa shape index (κ1) is 12.4. The fourth-order valence-corrected chi connectivity index (χ4v) is 1.53. The molecule has 18 heavy (non-hydrogen) atoms. The summed E-state index contributed by atoms with van der Waals surface area (Å²) < 4.78 is 10.4. The van der Waals surface area contributed by atoms with Gasteiger partial charge in [0.25, 0.3) is 0 Å². The Balaban J connectivity index is 2.29. The molecule has 96 valence electrons. The third kappa shape index (κ3) is 2.80. The molecule has 5 heteroatoms. The molecule has 5 nitrogen and oxygen atoms in total. The van der Waals surface area contributed by atoms with Gasteiger partial charge in [-0.1, -0.05) is 17.3 Å². The first-order valence-electron chi connectivity index (χ1n) is 5.75. The third-order valence-corrected chi connectivity index (χ3v) is 2.26. The van der Waals surface area contributed by atoms with Gasteiger partial charge in [0.05, 0.1) is 12.7 Å². The molecule has 0 aliphatic rings.